The molecule has 0 radical (unpaired) electrons. The topological polar surface area (TPSA) is 64.0 Å². The van der Waals surface area contributed by atoms with Crippen molar-refractivity contribution < 1.29 is 4.79 Å². The van der Waals surface area contributed by atoms with Crippen LogP contribution in [0.4, 0.5) is 0 Å². The number of hydrogen-bond acceptors (Lipinski definition) is 4. The molecule has 1 amide bonds. The lowest BCUT2D eigenvalue weighted by molar-refractivity contribution is 0.0940. The number of carbonyl (C=O) groups excluding carboxylic acids is 1. The molecule has 2 rings (SSSR count). The molecule has 0 aliphatic carbocycles. The molecular formula is C10H13N3O2S. The standard InChI is InChI=1S/C10H13N3O2S/c1-6(2)12-8(14)7-5-11-10-13(9(7)15)3-4-16-10/h5-6H,3-4H2,1-2H3,(H,12,14). The summed E-state index contributed by atoms with van der Waals surface area (Å²) in [4.78, 5) is 27.8. The zero-order valence-corrected chi connectivity index (χ0v) is 10.0. The van der Waals surface area contributed by atoms with E-state index in [1.54, 1.807) is 4.57 Å². The van der Waals surface area contributed by atoms with Gasteiger partial charge in [-0.3, -0.25) is 14.2 Å². The van der Waals surface area contributed by atoms with Crippen LogP contribution in [0.5, 0.6) is 0 Å². The summed E-state index contributed by atoms with van der Waals surface area (Å²) in [6.45, 7) is 4.34. The van der Waals surface area contributed by atoms with Gasteiger partial charge in [-0.1, -0.05) is 11.8 Å². The number of amides is 1. The van der Waals surface area contributed by atoms with Crippen molar-refractivity contribution in [2.24, 2.45) is 0 Å². The lowest BCUT2D eigenvalue weighted by Gasteiger charge is -2.08. The zero-order chi connectivity index (χ0) is 11.7. The Morgan fingerprint density at radius 2 is 2.38 bits per heavy atom. The molecule has 1 aliphatic heterocycles. The van der Waals surface area contributed by atoms with Gasteiger partial charge in [-0.2, -0.15) is 0 Å². The molecule has 1 N–H and O–H groups in total. The predicted octanol–water partition coefficient (Wildman–Crippen LogP) is 0.487. The largest absolute Gasteiger partial charge is 0.350 e. The molecule has 0 aromatic carbocycles. The van der Waals surface area contributed by atoms with E-state index in [2.05, 4.69) is 10.3 Å². The lowest BCUT2D eigenvalue weighted by atomic mass is 10.3. The van der Waals surface area contributed by atoms with E-state index in [0.717, 1.165) is 5.75 Å². The molecule has 2 heterocycles. The number of thioether (sulfide) groups is 1. The second kappa shape index (κ2) is 4.29. The normalized spacial score (nSPS) is 13.9. The smallest absolute Gasteiger partial charge is 0.267 e. The Labute approximate surface area is 97.3 Å². The van der Waals surface area contributed by atoms with Crippen molar-refractivity contribution in [3.05, 3.63) is 22.1 Å². The van der Waals surface area contributed by atoms with Crippen molar-refractivity contribution in [1.82, 2.24) is 14.9 Å². The van der Waals surface area contributed by atoms with Crippen LogP contribution in [-0.2, 0) is 6.54 Å². The van der Waals surface area contributed by atoms with E-state index in [9.17, 15) is 9.59 Å². The molecule has 6 heteroatoms. The minimum atomic E-state index is -0.347. The molecule has 0 atom stereocenters. The summed E-state index contributed by atoms with van der Waals surface area (Å²) in [6.07, 6.45) is 1.37. The predicted molar refractivity (Wildman–Crippen MR) is 61.8 cm³/mol. The molecule has 0 saturated heterocycles. The molecule has 1 aliphatic rings. The van der Waals surface area contributed by atoms with Crippen LogP contribution in [0.3, 0.4) is 0 Å². The molecular weight excluding hydrogens is 226 g/mol. The first-order valence-corrected chi connectivity index (χ1v) is 6.11. The minimum Gasteiger partial charge on any atom is -0.350 e. The highest BCUT2D eigenvalue weighted by Gasteiger charge is 2.19. The fourth-order valence-electron chi connectivity index (χ4n) is 1.51. The first-order valence-electron chi connectivity index (χ1n) is 5.13. The number of nitrogens with one attached hydrogen (secondary N) is 1. The van der Waals surface area contributed by atoms with Crippen LogP contribution in [0, 0.1) is 0 Å². The van der Waals surface area contributed by atoms with Crippen LogP contribution in [0.2, 0.25) is 0 Å². The summed E-state index contributed by atoms with van der Waals surface area (Å²) in [5.74, 6) is 0.497. The summed E-state index contributed by atoms with van der Waals surface area (Å²) in [5.41, 5.74) is -0.117. The molecule has 16 heavy (non-hydrogen) atoms. The summed E-state index contributed by atoms with van der Waals surface area (Å²) < 4.78 is 1.56. The Kier molecular flexibility index (Phi) is 3.00. The zero-order valence-electron chi connectivity index (χ0n) is 9.19. The fourth-order valence-corrected chi connectivity index (χ4v) is 2.43. The minimum absolute atomic E-state index is 0.0135. The third-order valence-corrected chi connectivity index (χ3v) is 3.19. The molecule has 0 unspecified atom stereocenters. The average molecular weight is 239 g/mol. The number of carbonyl (C=O) groups is 1. The summed E-state index contributed by atoms with van der Waals surface area (Å²) in [5, 5.41) is 3.39. The summed E-state index contributed by atoms with van der Waals surface area (Å²) >= 11 is 1.54. The monoisotopic (exact) mass is 239 g/mol. The Morgan fingerprint density at radius 1 is 1.62 bits per heavy atom. The van der Waals surface area contributed by atoms with Crippen LogP contribution < -0.4 is 10.9 Å². The molecule has 1 aromatic heterocycles. The Hall–Kier alpha value is -1.30. The van der Waals surface area contributed by atoms with Crippen molar-refractivity contribution in [2.45, 2.75) is 31.6 Å². The maximum atomic E-state index is 11.9. The van der Waals surface area contributed by atoms with Gasteiger partial charge in [-0.15, -0.1) is 0 Å². The van der Waals surface area contributed by atoms with E-state index in [4.69, 9.17) is 0 Å². The Bertz CT molecular complexity index is 481. The van der Waals surface area contributed by atoms with Crippen molar-refractivity contribution in [3.8, 4) is 0 Å². The van der Waals surface area contributed by atoms with Crippen molar-refractivity contribution in [1.29, 1.82) is 0 Å². The van der Waals surface area contributed by atoms with Crippen molar-refractivity contribution >= 4 is 17.7 Å². The molecule has 0 bridgehead atoms. The average Bonchev–Trinajstić information content (AvgIpc) is 2.65. The van der Waals surface area contributed by atoms with Crippen LogP contribution >= 0.6 is 11.8 Å². The Morgan fingerprint density at radius 3 is 3.06 bits per heavy atom. The third kappa shape index (κ3) is 1.97. The van der Waals surface area contributed by atoms with Crippen molar-refractivity contribution in [3.63, 3.8) is 0 Å². The van der Waals surface area contributed by atoms with Gasteiger partial charge < -0.3 is 5.32 Å². The van der Waals surface area contributed by atoms with Crippen LogP contribution in [0.15, 0.2) is 16.1 Å². The first-order chi connectivity index (χ1) is 7.59. The quantitative estimate of drug-likeness (QED) is 0.763. The van der Waals surface area contributed by atoms with Gasteiger partial charge in [0.25, 0.3) is 11.5 Å². The van der Waals surface area contributed by atoms with Crippen LogP contribution in [-0.4, -0.2) is 27.3 Å². The van der Waals surface area contributed by atoms with E-state index in [-0.39, 0.29) is 23.1 Å². The second-order valence-electron chi connectivity index (χ2n) is 3.89. The lowest BCUT2D eigenvalue weighted by Crippen LogP contribution is -2.36. The molecule has 5 nitrogen and oxygen atoms in total. The number of nitrogens with zero attached hydrogens (tertiary/aromatic N) is 2. The molecule has 1 aromatic rings. The summed E-state index contributed by atoms with van der Waals surface area (Å²) in [7, 11) is 0. The highest BCUT2D eigenvalue weighted by molar-refractivity contribution is 7.99. The maximum Gasteiger partial charge on any atom is 0.267 e. The van der Waals surface area contributed by atoms with E-state index < -0.39 is 0 Å². The van der Waals surface area contributed by atoms with Gasteiger partial charge in [-0.25, -0.2) is 4.98 Å². The number of aromatic nitrogens is 2. The fraction of sp³-hybridized carbons (Fsp3) is 0.500. The highest BCUT2D eigenvalue weighted by Crippen LogP contribution is 2.20. The number of hydrogen-bond donors (Lipinski definition) is 1. The van der Waals surface area contributed by atoms with Gasteiger partial charge in [0.1, 0.15) is 5.56 Å². The molecule has 0 saturated carbocycles. The second-order valence-corrected chi connectivity index (χ2v) is 4.95. The Balaban J connectivity index is 2.37. The van der Waals surface area contributed by atoms with Gasteiger partial charge in [0.15, 0.2) is 5.16 Å². The first kappa shape index (κ1) is 11.2. The van der Waals surface area contributed by atoms with Crippen LogP contribution in [0.1, 0.15) is 24.2 Å². The van der Waals surface area contributed by atoms with Crippen LogP contribution in [0.25, 0.3) is 0 Å². The van der Waals surface area contributed by atoms with E-state index in [0.29, 0.717) is 11.7 Å². The SMILES string of the molecule is CC(C)NC(=O)c1cnc2n(c1=O)CCS2. The van der Waals surface area contributed by atoms with E-state index >= 15 is 0 Å². The van der Waals surface area contributed by atoms with Gasteiger partial charge in [0, 0.05) is 24.5 Å². The van der Waals surface area contributed by atoms with Gasteiger partial charge in [-0.05, 0) is 13.8 Å². The number of rotatable bonds is 2. The molecule has 86 valence electrons. The van der Waals surface area contributed by atoms with E-state index in [1.165, 1.54) is 18.0 Å². The maximum absolute atomic E-state index is 11.9. The third-order valence-electron chi connectivity index (χ3n) is 2.22. The van der Waals surface area contributed by atoms with Gasteiger partial charge in [0.05, 0.1) is 0 Å². The highest BCUT2D eigenvalue weighted by atomic mass is 32.2. The molecule has 0 spiro atoms. The summed E-state index contributed by atoms with van der Waals surface area (Å²) in [6, 6.07) is 0.0135. The van der Waals surface area contributed by atoms with Gasteiger partial charge in [0.2, 0.25) is 0 Å². The van der Waals surface area contributed by atoms with Gasteiger partial charge >= 0.3 is 0 Å². The number of fused-ring (bicyclic) bond motifs is 1. The molecule has 0 fully saturated rings. The van der Waals surface area contributed by atoms with Crippen molar-refractivity contribution in [2.75, 3.05) is 5.75 Å². The van der Waals surface area contributed by atoms with E-state index in [1.807, 2.05) is 13.8 Å².